The Kier molecular flexibility index (Phi) is 3.40. The Bertz CT molecular complexity index is 1230. The largest absolute Gasteiger partial charge is 0.387 e. The van der Waals surface area contributed by atoms with E-state index in [0.29, 0.717) is 12.3 Å². The van der Waals surface area contributed by atoms with E-state index in [1.54, 1.807) is 6.08 Å². The fraction of sp³-hybridized carbons (Fsp3) is 0.593. The van der Waals surface area contributed by atoms with Gasteiger partial charge in [0.25, 0.3) is 0 Å². The second kappa shape index (κ2) is 5.57. The Morgan fingerprint density at radius 2 is 1.91 bits per heavy atom. The van der Waals surface area contributed by atoms with Crippen molar-refractivity contribution >= 4 is 16.7 Å². The molecule has 1 saturated heterocycles. The average molecular weight is 434 g/mol. The van der Waals surface area contributed by atoms with Crippen LogP contribution in [0.3, 0.4) is 0 Å². The summed E-state index contributed by atoms with van der Waals surface area (Å²) in [4.78, 5) is 16.8. The van der Waals surface area contributed by atoms with Crippen LogP contribution >= 0.6 is 0 Å². The lowest BCUT2D eigenvalue weighted by molar-refractivity contribution is -0.257. The number of hydrogen-bond donors (Lipinski definition) is 2. The van der Waals surface area contributed by atoms with Crippen LogP contribution in [0.2, 0.25) is 0 Å². The number of aromatic amines is 1. The number of H-pyrrole nitrogens is 1. The molecule has 32 heavy (non-hydrogen) atoms. The predicted molar refractivity (Wildman–Crippen MR) is 120 cm³/mol. The summed E-state index contributed by atoms with van der Waals surface area (Å²) in [5.41, 5.74) is 3.74. The van der Waals surface area contributed by atoms with Crippen molar-refractivity contribution in [2.24, 2.45) is 17.3 Å². The molecule has 3 fully saturated rings. The molecule has 2 bridgehead atoms. The molecule has 3 aliphatic carbocycles. The van der Waals surface area contributed by atoms with Gasteiger partial charge in [0.05, 0.1) is 0 Å². The summed E-state index contributed by atoms with van der Waals surface area (Å²) in [6.07, 6.45) is 4.06. The molecule has 2 N–H and O–H groups in total. The molecule has 2 saturated carbocycles. The minimum Gasteiger partial charge on any atom is -0.387 e. The van der Waals surface area contributed by atoms with E-state index in [2.05, 4.69) is 43.1 Å². The summed E-state index contributed by atoms with van der Waals surface area (Å²) in [6.45, 7) is 8.52. The summed E-state index contributed by atoms with van der Waals surface area (Å²) in [5, 5.41) is 12.9. The SMILES string of the molecule is CC1(C)O[C@]23O[C@H]1C(=O)C=C2[C@@H]1CC[C@H]2Cc4c([nH]c5ccccc45)[C@]2(C)[C@@]1(C)C[C@H]3O. The number of ether oxygens (including phenoxy) is 2. The molecule has 0 amide bonds. The number of para-hydroxylation sites is 1. The molecule has 1 aromatic carbocycles. The molecule has 3 heterocycles. The number of aromatic nitrogens is 1. The Morgan fingerprint density at radius 1 is 1.12 bits per heavy atom. The van der Waals surface area contributed by atoms with Gasteiger partial charge in [0.15, 0.2) is 11.9 Å². The monoisotopic (exact) mass is 433 g/mol. The van der Waals surface area contributed by atoms with Gasteiger partial charge >= 0.3 is 0 Å². The number of hydrogen-bond acceptors (Lipinski definition) is 4. The first kappa shape index (κ1) is 19.5. The molecule has 2 aliphatic heterocycles. The molecule has 1 aromatic heterocycles. The maximum Gasteiger partial charge on any atom is 0.219 e. The number of ketones is 1. The number of benzene rings is 1. The van der Waals surface area contributed by atoms with Gasteiger partial charge in [-0.15, -0.1) is 0 Å². The zero-order valence-electron chi connectivity index (χ0n) is 19.2. The minimum atomic E-state index is -1.18. The molecule has 0 radical (unpaired) electrons. The number of aliphatic hydroxyl groups excluding tert-OH is 1. The van der Waals surface area contributed by atoms with E-state index in [4.69, 9.17) is 9.47 Å². The molecule has 168 valence electrons. The highest BCUT2D eigenvalue weighted by atomic mass is 16.8. The van der Waals surface area contributed by atoms with Crippen LogP contribution in [-0.4, -0.2) is 39.5 Å². The minimum absolute atomic E-state index is 0.0282. The van der Waals surface area contributed by atoms with Crippen LogP contribution in [0.5, 0.6) is 0 Å². The molecule has 5 aliphatic rings. The van der Waals surface area contributed by atoms with Crippen molar-refractivity contribution in [3.05, 3.63) is 47.2 Å². The number of nitrogens with one attached hydrogen (secondary N) is 1. The van der Waals surface area contributed by atoms with Gasteiger partial charge in [-0.3, -0.25) is 4.79 Å². The van der Waals surface area contributed by atoms with Crippen LogP contribution in [0.1, 0.15) is 58.2 Å². The van der Waals surface area contributed by atoms with E-state index in [-0.39, 0.29) is 22.5 Å². The van der Waals surface area contributed by atoms with E-state index in [9.17, 15) is 9.90 Å². The van der Waals surface area contributed by atoms with Crippen LogP contribution in [0, 0.1) is 17.3 Å². The quantitative estimate of drug-likeness (QED) is 0.654. The first-order valence-corrected chi connectivity index (χ1v) is 12.0. The van der Waals surface area contributed by atoms with Crippen molar-refractivity contribution in [3.63, 3.8) is 0 Å². The molecule has 0 unspecified atom stereocenters. The number of rotatable bonds is 0. The third kappa shape index (κ3) is 1.93. The summed E-state index contributed by atoms with van der Waals surface area (Å²) in [7, 11) is 0. The lowest BCUT2D eigenvalue weighted by Crippen LogP contribution is -2.65. The van der Waals surface area contributed by atoms with E-state index < -0.39 is 23.6 Å². The van der Waals surface area contributed by atoms with Gasteiger partial charge in [0.2, 0.25) is 5.79 Å². The zero-order valence-corrected chi connectivity index (χ0v) is 19.2. The van der Waals surface area contributed by atoms with Gasteiger partial charge in [-0.1, -0.05) is 32.0 Å². The van der Waals surface area contributed by atoms with Gasteiger partial charge in [-0.05, 0) is 80.1 Å². The number of aliphatic hydroxyl groups is 1. The van der Waals surface area contributed by atoms with Gasteiger partial charge in [0, 0.05) is 22.0 Å². The second-order valence-electron chi connectivity index (χ2n) is 11.8. The van der Waals surface area contributed by atoms with Gasteiger partial charge in [0.1, 0.15) is 11.7 Å². The highest BCUT2D eigenvalue weighted by Crippen LogP contribution is 2.70. The molecular weight excluding hydrogens is 402 g/mol. The van der Waals surface area contributed by atoms with E-state index in [0.717, 1.165) is 24.8 Å². The normalized spacial score (nSPS) is 45.8. The zero-order chi connectivity index (χ0) is 22.3. The summed E-state index contributed by atoms with van der Waals surface area (Å²) in [6, 6.07) is 8.58. The standard InChI is InChI=1S/C27H31NO4/c1-24(2)23-20(29)12-18-17-10-9-14-11-16-15-7-5-6-8-19(15)28-22(16)26(14,4)25(17,3)13-21(30)27(18,31-23)32-24/h5-8,12,14,17,21,23,28,30H,9-11,13H2,1-4H3/t14-,17-,21+,23-,25-,26+,27+/m0/s1. The topological polar surface area (TPSA) is 71.5 Å². The maximum atomic E-state index is 13.1. The van der Waals surface area contributed by atoms with Crippen molar-refractivity contribution in [1.82, 2.24) is 4.98 Å². The van der Waals surface area contributed by atoms with Gasteiger partial charge < -0.3 is 19.6 Å². The van der Waals surface area contributed by atoms with E-state index in [1.165, 1.54) is 22.2 Å². The fourth-order valence-electron chi connectivity index (χ4n) is 8.41. The fourth-order valence-corrected chi connectivity index (χ4v) is 8.41. The first-order chi connectivity index (χ1) is 15.1. The van der Waals surface area contributed by atoms with E-state index >= 15 is 0 Å². The van der Waals surface area contributed by atoms with Crippen LogP contribution in [0.4, 0.5) is 0 Å². The lowest BCUT2D eigenvalue weighted by Gasteiger charge is -2.62. The smallest absolute Gasteiger partial charge is 0.219 e. The van der Waals surface area contributed by atoms with Crippen LogP contribution < -0.4 is 0 Å². The van der Waals surface area contributed by atoms with Crippen molar-refractivity contribution in [1.29, 1.82) is 0 Å². The summed E-state index contributed by atoms with van der Waals surface area (Å²) >= 11 is 0. The first-order valence-electron chi connectivity index (χ1n) is 12.0. The third-order valence-electron chi connectivity index (χ3n) is 10.1. The average Bonchev–Trinajstić information content (AvgIpc) is 3.32. The Labute approximate surface area is 188 Å². The van der Waals surface area contributed by atoms with Crippen molar-refractivity contribution in [3.8, 4) is 0 Å². The van der Waals surface area contributed by atoms with E-state index in [1.807, 2.05) is 13.8 Å². The van der Waals surface area contributed by atoms with Crippen molar-refractivity contribution < 1.29 is 19.4 Å². The number of carbonyl (C=O) groups is 1. The third-order valence-corrected chi connectivity index (χ3v) is 10.1. The molecule has 5 heteroatoms. The molecular formula is C27H31NO4. The summed E-state index contributed by atoms with van der Waals surface area (Å²) in [5.74, 6) is -0.564. The van der Waals surface area contributed by atoms with Crippen molar-refractivity contribution in [2.75, 3.05) is 0 Å². The Hall–Kier alpha value is -1.95. The van der Waals surface area contributed by atoms with Crippen molar-refractivity contribution in [2.45, 2.75) is 82.4 Å². The highest BCUT2D eigenvalue weighted by Gasteiger charge is 2.72. The molecule has 1 spiro atoms. The lowest BCUT2D eigenvalue weighted by atomic mass is 9.44. The van der Waals surface area contributed by atoms with Crippen LogP contribution in [-0.2, 0) is 26.1 Å². The van der Waals surface area contributed by atoms with Gasteiger partial charge in [-0.25, -0.2) is 0 Å². The molecule has 2 aromatic rings. The Morgan fingerprint density at radius 3 is 2.72 bits per heavy atom. The molecule has 7 atom stereocenters. The second-order valence-corrected chi connectivity index (χ2v) is 11.8. The predicted octanol–water partition coefficient (Wildman–Crippen LogP) is 4.18. The number of fused-ring (bicyclic) bond motifs is 9. The maximum absolute atomic E-state index is 13.1. The molecule has 7 rings (SSSR count). The Balaban J connectivity index is 1.42. The van der Waals surface area contributed by atoms with Crippen LogP contribution in [0.25, 0.3) is 10.9 Å². The molecule has 5 nitrogen and oxygen atoms in total. The highest BCUT2D eigenvalue weighted by molar-refractivity contribution is 5.97. The summed E-state index contributed by atoms with van der Waals surface area (Å²) < 4.78 is 12.7. The van der Waals surface area contributed by atoms with Gasteiger partial charge in [-0.2, -0.15) is 0 Å². The number of carbonyl (C=O) groups excluding carboxylic acids is 1. The van der Waals surface area contributed by atoms with Crippen LogP contribution in [0.15, 0.2) is 35.9 Å².